The van der Waals surface area contributed by atoms with Crippen LogP contribution in [0.4, 0.5) is 0 Å². The molecule has 0 spiro atoms. The number of unbranched alkanes of at least 4 members (excludes halogenated alkanes) is 39. The second-order valence-electron chi connectivity index (χ2n) is 26.8. The fourth-order valence-corrected chi connectivity index (χ4v) is 12.6. The molecule has 99 heavy (non-hydrogen) atoms. The molecule has 0 rings (SSSR count). The van der Waals surface area contributed by atoms with Crippen molar-refractivity contribution in [1.82, 2.24) is 0 Å². The fourth-order valence-electron chi connectivity index (χ4n) is 11.0. The van der Waals surface area contributed by atoms with E-state index in [2.05, 4.69) is 106 Å². The molecular formula is C81H146O16P2. The lowest BCUT2D eigenvalue weighted by Crippen LogP contribution is -2.30. The van der Waals surface area contributed by atoms with Gasteiger partial charge in [-0.15, -0.1) is 0 Å². The quantitative estimate of drug-likeness (QED) is 0.0146. The van der Waals surface area contributed by atoms with Gasteiger partial charge in [0.25, 0.3) is 0 Å². The Morgan fingerprint density at radius 3 is 0.859 bits per heavy atom. The van der Waals surface area contributed by atoms with Gasteiger partial charge >= 0.3 is 33.6 Å². The van der Waals surface area contributed by atoms with E-state index in [0.29, 0.717) is 19.3 Å². The number of carbonyl (C=O) groups is 3. The van der Waals surface area contributed by atoms with E-state index in [9.17, 15) is 43.5 Å². The summed E-state index contributed by atoms with van der Waals surface area (Å²) in [6, 6.07) is 0. The molecule has 0 radical (unpaired) electrons. The van der Waals surface area contributed by atoms with Crippen molar-refractivity contribution in [1.29, 1.82) is 0 Å². The minimum atomic E-state index is -4.92. The Bertz CT molecular complexity index is 2140. The van der Waals surface area contributed by atoms with Gasteiger partial charge < -0.3 is 34.2 Å². The van der Waals surface area contributed by atoms with Gasteiger partial charge in [-0.25, -0.2) is 9.13 Å². The molecule has 0 amide bonds. The first-order valence-corrected chi connectivity index (χ1v) is 42.9. The van der Waals surface area contributed by atoms with Crippen LogP contribution in [0.2, 0.25) is 0 Å². The molecule has 0 fully saturated rings. The second kappa shape index (κ2) is 74.4. The third-order valence-electron chi connectivity index (χ3n) is 17.1. The number of ether oxygens (including phenoxy) is 3. The third-order valence-corrected chi connectivity index (χ3v) is 19.0. The van der Waals surface area contributed by atoms with Crippen LogP contribution < -0.4 is 0 Å². The van der Waals surface area contributed by atoms with Gasteiger partial charge in [0.2, 0.25) is 0 Å². The summed E-state index contributed by atoms with van der Waals surface area (Å²) >= 11 is 0. The Morgan fingerprint density at radius 2 is 0.535 bits per heavy atom. The van der Waals surface area contributed by atoms with Gasteiger partial charge in [-0.1, -0.05) is 324 Å². The van der Waals surface area contributed by atoms with Crippen LogP contribution in [0.3, 0.4) is 0 Å². The van der Waals surface area contributed by atoms with Gasteiger partial charge in [0.05, 0.1) is 26.4 Å². The number of carbonyl (C=O) groups excluding carboxylic acids is 3. The van der Waals surface area contributed by atoms with E-state index in [1.54, 1.807) is 0 Å². The summed E-state index contributed by atoms with van der Waals surface area (Å²) < 4.78 is 61.1. The van der Waals surface area contributed by atoms with E-state index in [1.807, 2.05) is 0 Å². The molecule has 4 N–H and O–H groups in total. The monoisotopic (exact) mass is 1440 g/mol. The standard InChI is InChI=1S/C81H146O16P2/c1-4-7-10-13-16-19-22-25-28-29-30-31-32-33-34-35-36-37-38-39-40-41-42-43-44-45-48-50-52-55-58-61-64-67-79(84)91-70-76(82)71-93-98(87,88)94-72-77(83)73-95-99(89,90)96-75-78(97-81(86)69-66-63-60-57-54-51-47-27-24-21-18-15-12-9-6-3)74-92-80(85)68-65-62-59-56-53-49-46-26-23-20-17-14-11-8-5-2/h7,10,16,19,25-26,28,30-31,33-34,36-37,46,76-78,82-83H,4-6,8-9,11-15,17-18,20-24,27,29,32,35,38-45,47-75H2,1-3H3,(H,87,88)(H,89,90)/b10-7-,19-16-,28-25-,31-30-,34-33-,37-36-,46-26-. The Hall–Kier alpha value is -3.27. The smallest absolute Gasteiger partial charge is 0.463 e. The van der Waals surface area contributed by atoms with Crippen molar-refractivity contribution in [2.75, 3.05) is 39.6 Å². The lowest BCUT2D eigenvalue weighted by Gasteiger charge is -2.21. The maximum Gasteiger partial charge on any atom is 0.472 e. The molecule has 16 nitrogen and oxygen atoms in total. The van der Waals surface area contributed by atoms with Crippen molar-refractivity contribution in [3.05, 3.63) is 85.1 Å². The average Bonchev–Trinajstić information content (AvgIpc) is 1.43. The van der Waals surface area contributed by atoms with Crippen molar-refractivity contribution in [2.24, 2.45) is 0 Å². The van der Waals surface area contributed by atoms with Gasteiger partial charge in [-0.3, -0.25) is 32.5 Å². The summed E-state index contributed by atoms with van der Waals surface area (Å²) in [5, 5.41) is 20.6. The third kappa shape index (κ3) is 75.7. The predicted molar refractivity (Wildman–Crippen MR) is 408 cm³/mol. The van der Waals surface area contributed by atoms with Crippen molar-refractivity contribution in [3.8, 4) is 0 Å². The van der Waals surface area contributed by atoms with Gasteiger partial charge in [0, 0.05) is 19.3 Å². The van der Waals surface area contributed by atoms with Gasteiger partial charge in [0.1, 0.15) is 25.4 Å². The first-order chi connectivity index (χ1) is 48.2. The molecule has 0 saturated heterocycles. The lowest BCUT2D eigenvalue weighted by atomic mass is 10.0. The Morgan fingerprint density at radius 1 is 0.293 bits per heavy atom. The molecule has 0 heterocycles. The number of aliphatic hydroxyl groups is 2. The zero-order chi connectivity index (χ0) is 72.3. The molecule has 0 saturated carbocycles. The number of phosphoric acid groups is 2. The van der Waals surface area contributed by atoms with Crippen LogP contribution in [0.5, 0.6) is 0 Å². The zero-order valence-electron chi connectivity index (χ0n) is 62.9. The van der Waals surface area contributed by atoms with Crippen LogP contribution in [0.1, 0.15) is 355 Å². The maximum absolute atomic E-state index is 12.9. The minimum Gasteiger partial charge on any atom is -0.463 e. The number of esters is 3. The Labute approximate surface area is 604 Å². The topological polar surface area (TPSA) is 231 Å². The molecule has 0 aromatic carbocycles. The zero-order valence-corrected chi connectivity index (χ0v) is 64.7. The highest BCUT2D eigenvalue weighted by Gasteiger charge is 2.29. The van der Waals surface area contributed by atoms with Crippen molar-refractivity contribution in [2.45, 2.75) is 373 Å². The predicted octanol–water partition coefficient (Wildman–Crippen LogP) is 23.2. The summed E-state index contributed by atoms with van der Waals surface area (Å²) in [6.45, 7) is 2.60. The first kappa shape index (κ1) is 95.7. The second-order valence-corrected chi connectivity index (χ2v) is 29.8. The highest BCUT2D eigenvalue weighted by atomic mass is 31.2. The number of allylic oxidation sites excluding steroid dienone is 14. The minimum absolute atomic E-state index is 0.110. The van der Waals surface area contributed by atoms with Crippen LogP contribution in [0, 0.1) is 0 Å². The van der Waals surface area contributed by atoms with Crippen molar-refractivity contribution >= 4 is 33.6 Å². The molecule has 0 aliphatic heterocycles. The lowest BCUT2D eigenvalue weighted by molar-refractivity contribution is -0.161. The summed E-state index contributed by atoms with van der Waals surface area (Å²) in [5.41, 5.74) is 0. The highest BCUT2D eigenvalue weighted by molar-refractivity contribution is 7.47. The van der Waals surface area contributed by atoms with Crippen LogP contribution in [-0.4, -0.2) is 95.9 Å². The Kier molecular flexibility index (Phi) is 72.0. The molecule has 0 aromatic rings. The SMILES string of the molecule is CC/C=C\C/C=C\C/C=C\C/C=C\C/C=C\C/C=C\CCCCCCCCCCCCCCCCC(=O)OCC(O)COP(=O)(O)OCC(O)COP(=O)(O)OCC(COC(=O)CCCCCCC/C=C\CCCCCCCC)OC(=O)CCCCCCCCCCCCCCCCC. The molecule has 576 valence electrons. The van der Waals surface area contributed by atoms with Gasteiger partial charge in [-0.2, -0.15) is 0 Å². The number of hydrogen-bond acceptors (Lipinski definition) is 14. The van der Waals surface area contributed by atoms with Crippen LogP contribution in [0.15, 0.2) is 85.1 Å². The molecule has 5 atom stereocenters. The van der Waals surface area contributed by atoms with E-state index in [0.717, 1.165) is 128 Å². The van der Waals surface area contributed by atoms with E-state index in [1.165, 1.54) is 167 Å². The van der Waals surface area contributed by atoms with Crippen LogP contribution in [0.25, 0.3) is 0 Å². The molecule has 0 aliphatic rings. The summed E-state index contributed by atoms with van der Waals surface area (Å²) in [5.74, 6) is -1.56. The average molecular weight is 1440 g/mol. The summed E-state index contributed by atoms with van der Waals surface area (Å²) in [6.07, 6.45) is 83.6. The normalized spacial score (nSPS) is 14.5. The maximum atomic E-state index is 12.9. The van der Waals surface area contributed by atoms with Crippen LogP contribution in [-0.2, 0) is 55.8 Å². The number of phosphoric ester groups is 2. The molecule has 18 heteroatoms. The molecule has 5 unspecified atom stereocenters. The largest absolute Gasteiger partial charge is 0.472 e. The first-order valence-electron chi connectivity index (χ1n) is 39.9. The molecule has 0 bridgehead atoms. The molecule has 0 aromatic heterocycles. The summed E-state index contributed by atoms with van der Waals surface area (Å²) in [4.78, 5) is 58.6. The van der Waals surface area contributed by atoms with Gasteiger partial charge in [0.15, 0.2) is 6.10 Å². The molecule has 0 aliphatic carbocycles. The van der Waals surface area contributed by atoms with Crippen molar-refractivity contribution in [3.63, 3.8) is 0 Å². The van der Waals surface area contributed by atoms with Gasteiger partial charge in [-0.05, 0) is 96.3 Å². The van der Waals surface area contributed by atoms with Crippen molar-refractivity contribution < 1.29 is 75.8 Å². The highest BCUT2D eigenvalue weighted by Crippen LogP contribution is 2.45. The number of rotatable bonds is 76. The van der Waals surface area contributed by atoms with E-state index < -0.39 is 91.5 Å². The summed E-state index contributed by atoms with van der Waals surface area (Å²) in [7, 11) is -9.77. The van der Waals surface area contributed by atoms with Crippen LogP contribution >= 0.6 is 15.6 Å². The number of aliphatic hydroxyl groups excluding tert-OH is 2. The van der Waals surface area contributed by atoms with E-state index in [-0.39, 0.29) is 19.3 Å². The fraction of sp³-hybridized carbons (Fsp3) is 0.790. The Balaban J connectivity index is 4.39. The van der Waals surface area contributed by atoms with E-state index in [4.69, 9.17) is 32.3 Å². The number of hydrogen-bond donors (Lipinski definition) is 4. The molecular weight excluding hydrogens is 1290 g/mol. The van der Waals surface area contributed by atoms with E-state index >= 15 is 0 Å².